The Labute approximate surface area is 90.1 Å². The standard InChI is InChI=1S/C12H18N2O/c15-12-5-9-14(10-6-12)8-2-4-11-3-1-7-13-11/h5-6,9-11,13H,1-4,7-8H2. The summed E-state index contributed by atoms with van der Waals surface area (Å²) in [7, 11) is 0. The van der Waals surface area contributed by atoms with E-state index in [1.54, 1.807) is 12.1 Å². The third-order valence-corrected chi connectivity index (χ3v) is 2.99. The first-order valence-electron chi connectivity index (χ1n) is 5.74. The van der Waals surface area contributed by atoms with Crippen molar-refractivity contribution in [3.8, 4) is 0 Å². The van der Waals surface area contributed by atoms with Crippen LogP contribution in [0.2, 0.25) is 0 Å². The Bertz CT molecular complexity index is 332. The number of nitrogens with zero attached hydrogens (tertiary/aromatic N) is 1. The van der Waals surface area contributed by atoms with Gasteiger partial charge in [-0.2, -0.15) is 0 Å². The number of nitrogens with one attached hydrogen (secondary N) is 1. The molecule has 3 nitrogen and oxygen atoms in total. The molecule has 2 heterocycles. The maximum absolute atomic E-state index is 10.9. The van der Waals surface area contributed by atoms with Crippen LogP contribution in [0.3, 0.4) is 0 Å². The molecular formula is C12H18N2O. The zero-order valence-corrected chi connectivity index (χ0v) is 8.98. The van der Waals surface area contributed by atoms with Gasteiger partial charge in [0.15, 0.2) is 5.43 Å². The quantitative estimate of drug-likeness (QED) is 0.807. The number of aromatic nitrogens is 1. The van der Waals surface area contributed by atoms with Crippen molar-refractivity contribution in [2.24, 2.45) is 0 Å². The van der Waals surface area contributed by atoms with E-state index in [-0.39, 0.29) is 5.43 Å². The fraction of sp³-hybridized carbons (Fsp3) is 0.583. The Morgan fingerprint density at radius 3 is 2.87 bits per heavy atom. The van der Waals surface area contributed by atoms with Gasteiger partial charge in [0, 0.05) is 37.1 Å². The van der Waals surface area contributed by atoms with E-state index < -0.39 is 0 Å². The topological polar surface area (TPSA) is 34.0 Å². The van der Waals surface area contributed by atoms with Crippen molar-refractivity contribution >= 4 is 0 Å². The van der Waals surface area contributed by atoms with E-state index >= 15 is 0 Å². The van der Waals surface area contributed by atoms with Crippen LogP contribution in [0.4, 0.5) is 0 Å². The highest BCUT2D eigenvalue weighted by molar-refractivity contribution is 4.93. The summed E-state index contributed by atoms with van der Waals surface area (Å²) in [6.07, 6.45) is 8.80. The zero-order valence-electron chi connectivity index (χ0n) is 8.98. The second kappa shape index (κ2) is 5.12. The molecule has 1 saturated heterocycles. The van der Waals surface area contributed by atoms with Crippen molar-refractivity contribution in [2.45, 2.75) is 38.3 Å². The minimum Gasteiger partial charge on any atom is -0.354 e. The maximum atomic E-state index is 10.9. The van der Waals surface area contributed by atoms with Gasteiger partial charge in [-0.1, -0.05) is 0 Å². The molecule has 15 heavy (non-hydrogen) atoms. The second-order valence-electron chi connectivity index (χ2n) is 4.21. The van der Waals surface area contributed by atoms with Gasteiger partial charge in [-0.3, -0.25) is 4.79 Å². The molecule has 0 aromatic carbocycles. The van der Waals surface area contributed by atoms with Crippen LogP contribution in [0.5, 0.6) is 0 Å². The predicted octanol–water partition coefficient (Wildman–Crippen LogP) is 1.38. The third-order valence-electron chi connectivity index (χ3n) is 2.99. The van der Waals surface area contributed by atoms with Crippen molar-refractivity contribution in [3.63, 3.8) is 0 Å². The molecule has 1 aliphatic rings. The normalized spacial score (nSPS) is 20.7. The van der Waals surface area contributed by atoms with Crippen LogP contribution in [0.1, 0.15) is 25.7 Å². The summed E-state index contributed by atoms with van der Waals surface area (Å²) in [5, 5.41) is 3.49. The minimum atomic E-state index is 0.0868. The number of pyridine rings is 1. The highest BCUT2D eigenvalue weighted by Crippen LogP contribution is 2.11. The van der Waals surface area contributed by atoms with Crippen LogP contribution in [0.25, 0.3) is 0 Å². The number of hydrogen-bond acceptors (Lipinski definition) is 2. The molecule has 0 aliphatic carbocycles. The predicted molar refractivity (Wildman–Crippen MR) is 61.0 cm³/mol. The van der Waals surface area contributed by atoms with Crippen LogP contribution >= 0.6 is 0 Å². The second-order valence-corrected chi connectivity index (χ2v) is 4.21. The van der Waals surface area contributed by atoms with Crippen molar-refractivity contribution in [2.75, 3.05) is 6.54 Å². The van der Waals surface area contributed by atoms with E-state index in [2.05, 4.69) is 9.88 Å². The fourth-order valence-corrected chi connectivity index (χ4v) is 2.12. The van der Waals surface area contributed by atoms with Gasteiger partial charge in [0.25, 0.3) is 0 Å². The van der Waals surface area contributed by atoms with Gasteiger partial charge in [0.2, 0.25) is 0 Å². The minimum absolute atomic E-state index is 0.0868. The highest BCUT2D eigenvalue weighted by atomic mass is 16.1. The largest absolute Gasteiger partial charge is 0.354 e. The lowest BCUT2D eigenvalue weighted by molar-refractivity contribution is 0.501. The summed E-state index contributed by atoms with van der Waals surface area (Å²) < 4.78 is 2.08. The molecule has 1 aromatic rings. The van der Waals surface area contributed by atoms with E-state index in [0.29, 0.717) is 0 Å². The lowest BCUT2D eigenvalue weighted by Gasteiger charge is -2.10. The van der Waals surface area contributed by atoms with E-state index in [9.17, 15) is 4.79 Å². The van der Waals surface area contributed by atoms with Gasteiger partial charge in [-0.05, 0) is 32.2 Å². The van der Waals surface area contributed by atoms with Crippen LogP contribution in [0.15, 0.2) is 29.3 Å². The first-order valence-corrected chi connectivity index (χ1v) is 5.74. The molecule has 0 bridgehead atoms. The Morgan fingerprint density at radius 2 is 2.20 bits per heavy atom. The molecule has 1 aliphatic heterocycles. The van der Waals surface area contributed by atoms with E-state index in [1.165, 1.54) is 32.2 Å². The Kier molecular flexibility index (Phi) is 3.56. The van der Waals surface area contributed by atoms with Crippen LogP contribution in [-0.4, -0.2) is 17.2 Å². The number of rotatable bonds is 4. The number of hydrogen-bond donors (Lipinski definition) is 1. The summed E-state index contributed by atoms with van der Waals surface area (Å²) in [6, 6.07) is 3.96. The summed E-state index contributed by atoms with van der Waals surface area (Å²) in [5.41, 5.74) is 0.0868. The molecule has 1 N–H and O–H groups in total. The average Bonchev–Trinajstić information content (AvgIpc) is 2.74. The lowest BCUT2D eigenvalue weighted by atomic mass is 10.1. The van der Waals surface area contributed by atoms with Crippen molar-refractivity contribution in [1.29, 1.82) is 0 Å². The summed E-state index contributed by atoms with van der Waals surface area (Å²) >= 11 is 0. The first-order chi connectivity index (χ1) is 7.34. The summed E-state index contributed by atoms with van der Waals surface area (Å²) in [4.78, 5) is 10.9. The van der Waals surface area contributed by atoms with Gasteiger partial charge in [0.05, 0.1) is 0 Å². The van der Waals surface area contributed by atoms with Crippen molar-refractivity contribution < 1.29 is 0 Å². The van der Waals surface area contributed by atoms with Crippen LogP contribution in [0, 0.1) is 0 Å². The smallest absolute Gasteiger partial charge is 0.181 e. The zero-order chi connectivity index (χ0) is 10.5. The van der Waals surface area contributed by atoms with Gasteiger partial charge >= 0.3 is 0 Å². The summed E-state index contributed by atoms with van der Waals surface area (Å²) in [6.45, 7) is 2.20. The molecule has 0 spiro atoms. The molecule has 1 aromatic heterocycles. The van der Waals surface area contributed by atoms with Gasteiger partial charge < -0.3 is 9.88 Å². The Hall–Kier alpha value is -1.09. The Balaban J connectivity index is 1.73. The molecule has 1 fully saturated rings. The molecule has 0 radical (unpaired) electrons. The molecule has 2 rings (SSSR count). The molecule has 0 amide bonds. The molecule has 1 unspecified atom stereocenters. The Morgan fingerprint density at radius 1 is 1.40 bits per heavy atom. The lowest BCUT2D eigenvalue weighted by Crippen LogP contribution is -2.21. The first kappa shape index (κ1) is 10.4. The monoisotopic (exact) mass is 206 g/mol. The van der Waals surface area contributed by atoms with E-state index in [0.717, 1.165) is 12.6 Å². The third kappa shape index (κ3) is 3.20. The average molecular weight is 206 g/mol. The molecule has 0 saturated carbocycles. The van der Waals surface area contributed by atoms with Crippen molar-refractivity contribution in [1.82, 2.24) is 9.88 Å². The fourth-order valence-electron chi connectivity index (χ4n) is 2.12. The highest BCUT2D eigenvalue weighted by Gasteiger charge is 2.12. The van der Waals surface area contributed by atoms with Crippen LogP contribution < -0.4 is 10.7 Å². The van der Waals surface area contributed by atoms with Crippen LogP contribution in [-0.2, 0) is 6.54 Å². The number of aryl methyl sites for hydroxylation is 1. The van der Waals surface area contributed by atoms with Gasteiger partial charge in [-0.15, -0.1) is 0 Å². The maximum Gasteiger partial charge on any atom is 0.181 e. The molecule has 1 atom stereocenters. The molecular weight excluding hydrogens is 188 g/mol. The van der Waals surface area contributed by atoms with Gasteiger partial charge in [0.1, 0.15) is 0 Å². The van der Waals surface area contributed by atoms with E-state index in [1.807, 2.05) is 12.4 Å². The summed E-state index contributed by atoms with van der Waals surface area (Å²) in [5.74, 6) is 0. The SMILES string of the molecule is O=c1ccn(CCCC2CCCN2)cc1. The molecule has 3 heteroatoms. The van der Waals surface area contributed by atoms with E-state index in [4.69, 9.17) is 0 Å². The van der Waals surface area contributed by atoms with Gasteiger partial charge in [-0.25, -0.2) is 0 Å². The van der Waals surface area contributed by atoms with Crippen molar-refractivity contribution in [3.05, 3.63) is 34.7 Å². The molecule has 82 valence electrons.